The number of piperidine rings is 1. The van der Waals surface area contributed by atoms with Crippen molar-refractivity contribution in [3.05, 3.63) is 56.3 Å². The topological polar surface area (TPSA) is 79.6 Å². The Morgan fingerprint density at radius 2 is 2.00 bits per heavy atom. The fourth-order valence-electron chi connectivity index (χ4n) is 4.31. The summed E-state index contributed by atoms with van der Waals surface area (Å²) in [5, 5.41) is 8.57. The molecule has 35 heavy (non-hydrogen) atoms. The molecule has 3 aromatic heterocycles. The molecular weight excluding hydrogens is 548 g/mol. The molecule has 0 spiro atoms. The first-order valence-corrected chi connectivity index (χ1v) is 14.4. The Morgan fingerprint density at radius 1 is 1.20 bits per heavy atom. The third-order valence-electron chi connectivity index (χ3n) is 6.09. The van der Waals surface area contributed by atoms with Crippen LogP contribution in [0.2, 0.25) is 13.7 Å². The van der Waals surface area contributed by atoms with Gasteiger partial charge in [-0.05, 0) is 36.4 Å². The molecule has 1 atom stereocenters. The van der Waals surface area contributed by atoms with Gasteiger partial charge < -0.3 is 5.32 Å². The molecule has 4 heterocycles. The van der Waals surface area contributed by atoms with E-state index >= 15 is 0 Å². The maximum Gasteiger partial charge on any atom is 0.245 e. The molecule has 7 nitrogen and oxygen atoms in total. The number of thiophene rings is 1. The van der Waals surface area contributed by atoms with Crippen molar-refractivity contribution in [1.82, 2.24) is 18.9 Å². The van der Waals surface area contributed by atoms with Crippen molar-refractivity contribution < 1.29 is 8.42 Å². The second kappa shape index (κ2) is 9.92. The van der Waals surface area contributed by atoms with E-state index in [1.807, 2.05) is 38.2 Å². The summed E-state index contributed by atoms with van der Waals surface area (Å²) in [6.45, 7) is 1.42. The summed E-state index contributed by atoms with van der Waals surface area (Å²) < 4.78 is 30.2. The maximum atomic E-state index is 13.2. The normalized spacial score (nSPS) is 17.2. The molecule has 0 saturated carbocycles. The number of rotatable bonds is 6. The minimum atomic E-state index is -3.71. The van der Waals surface area contributed by atoms with E-state index in [2.05, 4.69) is 10.4 Å². The minimum absolute atomic E-state index is 0.0787. The predicted octanol–water partition coefficient (Wildman–Crippen LogP) is 4.19. The van der Waals surface area contributed by atoms with Gasteiger partial charge in [0.05, 0.1) is 10.0 Å². The first-order chi connectivity index (χ1) is 16.7. The van der Waals surface area contributed by atoms with Crippen LogP contribution in [0.25, 0.3) is 16.9 Å². The largest absolute Gasteiger partial charge is 0.370 e. The Morgan fingerprint density at radius 3 is 2.74 bits per heavy atom. The second-order valence-corrected chi connectivity index (χ2v) is 13.1. The van der Waals surface area contributed by atoms with E-state index in [9.17, 15) is 8.42 Å². The summed E-state index contributed by atoms with van der Waals surface area (Å²) >= 11 is 19.6. The average molecular weight is 569 g/mol. The third kappa shape index (κ3) is 4.92. The highest BCUT2D eigenvalue weighted by Gasteiger charge is 2.32. The van der Waals surface area contributed by atoms with Gasteiger partial charge in [-0.1, -0.05) is 53.0 Å². The van der Waals surface area contributed by atoms with Gasteiger partial charge in [-0.15, -0.1) is 11.3 Å². The molecule has 13 heteroatoms. The van der Waals surface area contributed by atoms with Crippen molar-refractivity contribution in [2.24, 2.45) is 5.92 Å². The van der Waals surface area contributed by atoms with Crippen LogP contribution in [0.5, 0.6) is 0 Å². The molecular formula is C22H21BCl3N5O2S2. The Hall–Kier alpha value is -1.82. The molecule has 0 bridgehead atoms. The summed E-state index contributed by atoms with van der Waals surface area (Å²) in [7, 11) is -1.75. The van der Waals surface area contributed by atoms with Crippen LogP contribution >= 0.6 is 46.1 Å². The number of fused-ring (bicyclic) bond motifs is 1. The number of nitrogens with zero attached hydrogens (tertiary/aromatic N) is 4. The molecule has 1 N–H and O–H groups in total. The molecule has 1 aliphatic rings. The second-order valence-electron chi connectivity index (χ2n) is 8.51. The lowest BCUT2D eigenvalue weighted by Crippen LogP contribution is -2.41. The summed E-state index contributed by atoms with van der Waals surface area (Å²) in [5.74, 6) is 0.876. The highest BCUT2D eigenvalue weighted by Crippen LogP contribution is 2.37. The van der Waals surface area contributed by atoms with Crippen LogP contribution in [0.1, 0.15) is 12.8 Å². The van der Waals surface area contributed by atoms with Crippen LogP contribution in [-0.4, -0.2) is 54.8 Å². The molecule has 1 aromatic carbocycles. The number of anilines is 1. The zero-order chi connectivity index (χ0) is 24.7. The zero-order valence-corrected chi connectivity index (χ0v) is 22.6. The van der Waals surface area contributed by atoms with Crippen LogP contribution in [0.3, 0.4) is 0 Å². The van der Waals surface area contributed by atoms with E-state index in [0.717, 1.165) is 52.4 Å². The number of halogens is 3. The van der Waals surface area contributed by atoms with Crippen molar-refractivity contribution in [1.29, 1.82) is 0 Å². The SMILES string of the molecule is Bc1cnn2c(NCC3CCCN(S(=O)(=O)c4cc(Cl)sc4Cl)C3)cc(-c3ccccc3Cl)nc12. The van der Waals surface area contributed by atoms with E-state index < -0.39 is 10.0 Å². The molecule has 0 aliphatic carbocycles. The van der Waals surface area contributed by atoms with Crippen LogP contribution in [0.15, 0.2) is 47.5 Å². The monoisotopic (exact) mass is 567 g/mol. The lowest BCUT2D eigenvalue weighted by Gasteiger charge is -2.32. The number of sulfonamides is 1. The van der Waals surface area contributed by atoms with Gasteiger partial charge in [-0.2, -0.15) is 13.9 Å². The van der Waals surface area contributed by atoms with Gasteiger partial charge in [0.25, 0.3) is 0 Å². The van der Waals surface area contributed by atoms with Gasteiger partial charge in [0, 0.05) is 42.5 Å². The number of aromatic nitrogens is 3. The van der Waals surface area contributed by atoms with Gasteiger partial charge in [0.15, 0.2) is 5.65 Å². The molecule has 4 aromatic rings. The number of nitrogens with one attached hydrogen (secondary N) is 1. The van der Waals surface area contributed by atoms with Crippen molar-refractivity contribution >= 4 is 80.9 Å². The first kappa shape index (κ1) is 24.9. The summed E-state index contributed by atoms with van der Waals surface area (Å²) in [4.78, 5) is 4.85. The van der Waals surface area contributed by atoms with Gasteiger partial charge in [-0.3, -0.25) is 0 Å². The maximum absolute atomic E-state index is 13.2. The average Bonchev–Trinajstić information content (AvgIpc) is 3.39. The van der Waals surface area contributed by atoms with E-state index in [0.29, 0.717) is 29.0 Å². The Labute approximate surface area is 223 Å². The first-order valence-electron chi connectivity index (χ1n) is 11.0. The molecule has 1 unspecified atom stereocenters. The molecule has 5 rings (SSSR count). The van der Waals surface area contributed by atoms with Crippen molar-refractivity contribution in [3.63, 3.8) is 0 Å². The van der Waals surface area contributed by atoms with Gasteiger partial charge >= 0.3 is 0 Å². The van der Waals surface area contributed by atoms with E-state index in [4.69, 9.17) is 39.8 Å². The predicted molar refractivity (Wildman–Crippen MR) is 146 cm³/mol. The lowest BCUT2D eigenvalue weighted by atomic mass is 9.99. The Kier molecular flexibility index (Phi) is 7.04. The smallest absolute Gasteiger partial charge is 0.245 e. The van der Waals surface area contributed by atoms with Crippen LogP contribution in [-0.2, 0) is 10.0 Å². The Balaban J connectivity index is 1.38. The zero-order valence-electron chi connectivity index (χ0n) is 18.7. The van der Waals surface area contributed by atoms with Crippen molar-refractivity contribution in [2.45, 2.75) is 17.7 Å². The van der Waals surface area contributed by atoms with Crippen molar-refractivity contribution in [3.8, 4) is 11.3 Å². The van der Waals surface area contributed by atoms with Crippen LogP contribution in [0, 0.1) is 5.92 Å². The summed E-state index contributed by atoms with van der Waals surface area (Å²) in [6, 6.07) is 10.9. The lowest BCUT2D eigenvalue weighted by molar-refractivity contribution is 0.275. The summed E-state index contributed by atoms with van der Waals surface area (Å²) in [5.41, 5.74) is 3.26. The Bertz CT molecular complexity index is 1510. The highest BCUT2D eigenvalue weighted by molar-refractivity contribution is 7.89. The molecule has 0 radical (unpaired) electrons. The minimum Gasteiger partial charge on any atom is -0.370 e. The van der Waals surface area contributed by atoms with Crippen LogP contribution < -0.4 is 10.8 Å². The number of benzene rings is 1. The molecule has 1 saturated heterocycles. The summed E-state index contributed by atoms with van der Waals surface area (Å²) in [6.07, 6.45) is 3.44. The third-order valence-corrected chi connectivity index (χ3v) is 10.0. The molecule has 0 amide bonds. The van der Waals surface area contributed by atoms with E-state index in [1.54, 1.807) is 10.7 Å². The van der Waals surface area contributed by atoms with E-state index in [1.165, 1.54) is 10.4 Å². The van der Waals surface area contributed by atoms with Crippen LogP contribution in [0.4, 0.5) is 5.82 Å². The quantitative estimate of drug-likeness (QED) is 0.353. The van der Waals surface area contributed by atoms with E-state index in [-0.39, 0.29) is 15.1 Å². The fraction of sp³-hybridized carbons (Fsp3) is 0.273. The van der Waals surface area contributed by atoms with Gasteiger partial charge in [-0.25, -0.2) is 13.4 Å². The van der Waals surface area contributed by atoms with Gasteiger partial charge in [0.2, 0.25) is 10.0 Å². The number of hydrogen-bond acceptors (Lipinski definition) is 6. The highest BCUT2D eigenvalue weighted by atomic mass is 35.5. The number of hydrogen-bond donors (Lipinski definition) is 1. The molecule has 1 fully saturated rings. The fourth-order valence-corrected chi connectivity index (χ4v) is 8.21. The molecule has 182 valence electrons. The van der Waals surface area contributed by atoms with Crippen molar-refractivity contribution in [2.75, 3.05) is 25.0 Å². The molecule has 1 aliphatic heterocycles. The standard InChI is InChI=1S/C22H21BCl3N5O2S2/c23-15-11-28-31-20(8-17(29-22(15)31)14-5-1-2-6-16(14)24)27-10-13-4-3-7-30(12-13)35(32,33)18-9-19(25)34-21(18)26/h1-2,5-6,8-9,11,13,27H,3-4,7,10,12,23H2. The van der Waals surface area contributed by atoms with Gasteiger partial charge in [0.1, 0.15) is 22.9 Å².